The average Bonchev–Trinajstić information content (AvgIpc) is 3.11. The maximum atomic E-state index is 10.6. The first-order valence-corrected chi connectivity index (χ1v) is 10.4. The Labute approximate surface area is 172 Å². The summed E-state index contributed by atoms with van der Waals surface area (Å²) < 4.78 is 11.1. The molecule has 1 aromatic carbocycles. The van der Waals surface area contributed by atoms with Crippen LogP contribution in [0.5, 0.6) is 11.5 Å². The number of ether oxygens (including phenoxy) is 2. The third-order valence-corrected chi connectivity index (χ3v) is 6.05. The summed E-state index contributed by atoms with van der Waals surface area (Å²) in [7, 11) is 1.68. The van der Waals surface area contributed by atoms with Gasteiger partial charge in [-0.2, -0.15) is 0 Å². The highest BCUT2D eigenvalue weighted by molar-refractivity contribution is 5.43. The van der Waals surface area contributed by atoms with Gasteiger partial charge >= 0.3 is 0 Å². The van der Waals surface area contributed by atoms with Crippen LogP contribution in [0.2, 0.25) is 0 Å². The van der Waals surface area contributed by atoms with Gasteiger partial charge in [0.15, 0.2) is 11.5 Å². The molecule has 7 heteroatoms. The number of likely N-dealkylation sites (tertiary alicyclic amines) is 1. The lowest BCUT2D eigenvalue weighted by molar-refractivity contribution is 0.0735. The standard InChI is InChI=1S/C22H30N4O3/c1-3-29-20-5-4-15(8-21(20)28-2)12-26-13-16-9-18(19(27)10-17(16)14-26)25-22-11-23-6-7-24-22/h4-8,11,16-19,27H,3,9-10,12-14H2,1-2H3,(H,24,25)/t16-,17+,18-,19-/m1/s1. The maximum Gasteiger partial charge on any atom is 0.161 e. The molecule has 0 radical (unpaired) electrons. The molecular weight excluding hydrogens is 368 g/mol. The molecule has 0 bridgehead atoms. The van der Waals surface area contributed by atoms with E-state index in [0.717, 1.165) is 49.8 Å². The van der Waals surface area contributed by atoms with Crippen LogP contribution < -0.4 is 14.8 Å². The van der Waals surface area contributed by atoms with Gasteiger partial charge in [-0.1, -0.05) is 6.07 Å². The Balaban J connectivity index is 1.37. The van der Waals surface area contributed by atoms with Gasteiger partial charge in [-0.05, 0) is 49.3 Å². The smallest absolute Gasteiger partial charge is 0.161 e. The van der Waals surface area contributed by atoms with Gasteiger partial charge in [0.2, 0.25) is 0 Å². The summed E-state index contributed by atoms with van der Waals surface area (Å²) in [5.74, 6) is 3.41. The van der Waals surface area contributed by atoms with Crippen molar-refractivity contribution in [1.29, 1.82) is 0 Å². The van der Waals surface area contributed by atoms with E-state index in [1.807, 2.05) is 13.0 Å². The summed E-state index contributed by atoms with van der Waals surface area (Å²) in [6.45, 7) is 5.55. The fraction of sp³-hybridized carbons (Fsp3) is 0.545. The molecule has 1 aliphatic heterocycles. The summed E-state index contributed by atoms with van der Waals surface area (Å²) in [4.78, 5) is 10.9. The van der Waals surface area contributed by atoms with Crippen molar-refractivity contribution in [1.82, 2.24) is 14.9 Å². The van der Waals surface area contributed by atoms with Crippen LogP contribution in [0.4, 0.5) is 5.82 Å². The number of aromatic nitrogens is 2. The second-order valence-corrected chi connectivity index (χ2v) is 8.01. The number of nitrogens with one attached hydrogen (secondary N) is 1. The number of benzene rings is 1. The molecule has 29 heavy (non-hydrogen) atoms. The molecule has 1 aromatic heterocycles. The third-order valence-electron chi connectivity index (χ3n) is 6.05. The monoisotopic (exact) mass is 398 g/mol. The molecule has 4 atom stereocenters. The van der Waals surface area contributed by atoms with Crippen molar-refractivity contribution >= 4 is 5.82 Å². The van der Waals surface area contributed by atoms with Crippen LogP contribution in [0.15, 0.2) is 36.8 Å². The van der Waals surface area contributed by atoms with Gasteiger partial charge < -0.3 is 19.9 Å². The Hall–Kier alpha value is -2.38. The number of rotatable bonds is 7. The first-order valence-electron chi connectivity index (χ1n) is 10.4. The van der Waals surface area contributed by atoms with E-state index in [1.165, 1.54) is 5.56 Å². The largest absolute Gasteiger partial charge is 0.493 e. The fourth-order valence-electron chi connectivity index (χ4n) is 4.72. The van der Waals surface area contributed by atoms with Gasteiger partial charge in [0, 0.05) is 32.0 Å². The summed E-state index contributed by atoms with van der Waals surface area (Å²) in [6.07, 6.45) is 6.45. The molecule has 0 unspecified atom stereocenters. The maximum absolute atomic E-state index is 10.6. The molecule has 1 saturated carbocycles. The van der Waals surface area contributed by atoms with Crippen LogP contribution in [0.25, 0.3) is 0 Å². The van der Waals surface area contributed by atoms with Crippen molar-refractivity contribution < 1.29 is 14.6 Å². The van der Waals surface area contributed by atoms with Gasteiger partial charge in [-0.25, -0.2) is 4.98 Å². The minimum Gasteiger partial charge on any atom is -0.493 e. The second kappa shape index (κ2) is 8.97. The van der Waals surface area contributed by atoms with Crippen molar-refractivity contribution in [2.75, 3.05) is 32.1 Å². The van der Waals surface area contributed by atoms with Crippen LogP contribution in [0.3, 0.4) is 0 Å². The summed E-state index contributed by atoms with van der Waals surface area (Å²) in [5, 5.41) is 14.0. The first-order chi connectivity index (χ1) is 14.2. The predicted molar refractivity (Wildman–Crippen MR) is 111 cm³/mol. The molecule has 2 aliphatic rings. The van der Waals surface area contributed by atoms with Crippen molar-refractivity contribution in [3.05, 3.63) is 42.4 Å². The lowest BCUT2D eigenvalue weighted by Crippen LogP contribution is -2.43. The van der Waals surface area contributed by atoms with E-state index in [0.29, 0.717) is 18.4 Å². The number of aliphatic hydroxyl groups excluding tert-OH is 1. The zero-order valence-corrected chi connectivity index (χ0v) is 17.1. The third kappa shape index (κ3) is 4.62. The van der Waals surface area contributed by atoms with E-state index < -0.39 is 0 Å². The lowest BCUT2D eigenvalue weighted by Gasteiger charge is -2.35. The molecule has 1 saturated heterocycles. The molecule has 4 rings (SSSR count). The number of hydrogen-bond acceptors (Lipinski definition) is 7. The topological polar surface area (TPSA) is 79.7 Å². The van der Waals surface area contributed by atoms with Crippen molar-refractivity contribution in [2.24, 2.45) is 11.8 Å². The highest BCUT2D eigenvalue weighted by Gasteiger charge is 2.41. The summed E-state index contributed by atoms with van der Waals surface area (Å²) in [6, 6.07) is 6.20. The minimum absolute atomic E-state index is 0.0264. The SMILES string of the molecule is CCOc1ccc(CN2C[C@H]3C[C@@H](Nc4cnccn4)[C@H](O)C[C@H]3C2)cc1OC. The van der Waals surface area contributed by atoms with Crippen molar-refractivity contribution in [3.8, 4) is 11.5 Å². The Morgan fingerprint density at radius 2 is 2.00 bits per heavy atom. The molecule has 2 heterocycles. The van der Waals surface area contributed by atoms with E-state index >= 15 is 0 Å². The van der Waals surface area contributed by atoms with E-state index in [4.69, 9.17) is 9.47 Å². The zero-order valence-electron chi connectivity index (χ0n) is 17.1. The predicted octanol–water partition coefficient (Wildman–Crippen LogP) is 2.57. The highest BCUT2D eigenvalue weighted by Crippen LogP contribution is 2.38. The van der Waals surface area contributed by atoms with Crippen LogP contribution in [-0.2, 0) is 6.54 Å². The molecule has 2 fully saturated rings. The molecule has 156 valence electrons. The van der Waals surface area contributed by atoms with E-state index in [2.05, 4.69) is 32.3 Å². The molecular formula is C22H30N4O3. The molecule has 1 aliphatic carbocycles. The van der Waals surface area contributed by atoms with Crippen LogP contribution >= 0.6 is 0 Å². The molecule has 0 spiro atoms. The van der Waals surface area contributed by atoms with Crippen LogP contribution in [0.1, 0.15) is 25.3 Å². The second-order valence-electron chi connectivity index (χ2n) is 8.01. The van der Waals surface area contributed by atoms with E-state index in [1.54, 1.807) is 25.7 Å². The molecule has 7 nitrogen and oxygen atoms in total. The number of fused-ring (bicyclic) bond motifs is 1. The summed E-state index contributed by atoms with van der Waals surface area (Å²) >= 11 is 0. The average molecular weight is 399 g/mol. The summed E-state index contributed by atoms with van der Waals surface area (Å²) in [5.41, 5.74) is 1.22. The molecule has 0 amide bonds. The van der Waals surface area contributed by atoms with E-state index in [9.17, 15) is 5.11 Å². The van der Waals surface area contributed by atoms with Gasteiger partial charge in [-0.3, -0.25) is 9.88 Å². The Morgan fingerprint density at radius 3 is 2.72 bits per heavy atom. The number of nitrogens with zero attached hydrogens (tertiary/aromatic N) is 3. The van der Waals surface area contributed by atoms with Gasteiger partial charge in [-0.15, -0.1) is 0 Å². The number of hydrogen-bond donors (Lipinski definition) is 2. The van der Waals surface area contributed by atoms with Crippen molar-refractivity contribution in [3.63, 3.8) is 0 Å². The molecule has 2 aromatic rings. The normalized spacial score (nSPS) is 26.7. The number of anilines is 1. The van der Waals surface area contributed by atoms with Gasteiger partial charge in [0.1, 0.15) is 5.82 Å². The zero-order chi connectivity index (χ0) is 20.2. The lowest BCUT2D eigenvalue weighted by atomic mass is 9.77. The minimum atomic E-state index is -0.358. The van der Waals surface area contributed by atoms with Gasteiger partial charge in [0.05, 0.1) is 32.1 Å². The Morgan fingerprint density at radius 1 is 1.17 bits per heavy atom. The van der Waals surface area contributed by atoms with Crippen molar-refractivity contribution in [2.45, 2.75) is 38.5 Å². The Bertz CT molecular complexity index is 804. The quantitative estimate of drug-likeness (QED) is 0.742. The molecule has 2 N–H and O–H groups in total. The first kappa shape index (κ1) is 19.9. The van der Waals surface area contributed by atoms with Crippen LogP contribution in [-0.4, -0.2) is 58.9 Å². The number of methoxy groups -OCH3 is 1. The Kier molecular flexibility index (Phi) is 6.16. The van der Waals surface area contributed by atoms with E-state index in [-0.39, 0.29) is 12.1 Å². The fourth-order valence-corrected chi connectivity index (χ4v) is 4.72. The highest BCUT2D eigenvalue weighted by atomic mass is 16.5. The van der Waals surface area contributed by atoms with Gasteiger partial charge in [0.25, 0.3) is 0 Å². The van der Waals surface area contributed by atoms with Crippen LogP contribution in [0, 0.1) is 11.8 Å². The number of aliphatic hydroxyl groups is 1.